The van der Waals surface area contributed by atoms with Gasteiger partial charge < -0.3 is 15.0 Å². The van der Waals surface area contributed by atoms with E-state index in [-0.39, 0.29) is 11.2 Å². The van der Waals surface area contributed by atoms with Crippen molar-refractivity contribution in [2.45, 2.75) is 69.9 Å². The number of aromatic nitrogens is 3. The third-order valence-corrected chi connectivity index (χ3v) is 6.90. The molecular weight excluding hydrogens is 382 g/mol. The topological polar surface area (TPSA) is 102 Å². The molecule has 2 aliphatic carbocycles. The average Bonchev–Trinajstić information content (AvgIpc) is 3.46. The maximum Gasteiger partial charge on any atom is 0.275 e. The zero-order valence-electron chi connectivity index (χ0n) is 17.3. The van der Waals surface area contributed by atoms with Crippen molar-refractivity contribution in [1.29, 1.82) is 0 Å². The van der Waals surface area contributed by atoms with Crippen molar-refractivity contribution in [3.8, 4) is 5.75 Å². The van der Waals surface area contributed by atoms with E-state index in [0.29, 0.717) is 6.54 Å². The Hall–Kier alpha value is -2.90. The number of fused-ring (bicyclic) bond motifs is 3. The smallest absolute Gasteiger partial charge is 0.275 e. The van der Waals surface area contributed by atoms with Gasteiger partial charge in [0.1, 0.15) is 5.82 Å². The van der Waals surface area contributed by atoms with Crippen molar-refractivity contribution in [2.75, 3.05) is 7.05 Å². The highest BCUT2D eigenvalue weighted by Crippen LogP contribution is 2.48. The summed E-state index contributed by atoms with van der Waals surface area (Å²) in [5, 5.41) is 16.9. The van der Waals surface area contributed by atoms with Gasteiger partial charge in [-0.05, 0) is 50.5 Å². The first-order chi connectivity index (χ1) is 14.5. The van der Waals surface area contributed by atoms with Gasteiger partial charge in [-0.25, -0.2) is 4.99 Å². The Labute approximate surface area is 174 Å². The molecule has 1 amide bonds. The van der Waals surface area contributed by atoms with Gasteiger partial charge in [-0.15, -0.1) is 0 Å². The van der Waals surface area contributed by atoms with Crippen molar-refractivity contribution in [3.63, 3.8) is 0 Å². The zero-order valence-corrected chi connectivity index (χ0v) is 17.3. The number of aliphatic imine (C=N–C) groups is 1. The molecule has 2 N–H and O–H groups in total. The lowest BCUT2D eigenvalue weighted by Crippen LogP contribution is -2.38. The van der Waals surface area contributed by atoms with Gasteiger partial charge in [0, 0.05) is 24.5 Å². The Morgan fingerprint density at radius 2 is 2.00 bits per heavy atom. The van der Waals surface area contributed by atoms with E-state index in [4.69, 9.17) is 4.99 Å². The molecule has 0 radical (unpaired) electrons. The third-order valence-electron chi connectivity index (χ3n) is 6.90. The molecule has 1 fully saturated rings. The van der Waals surface area contributed by atoms with E-state index in [9.17, 15) is 14.7 Å². The molecule has 0 aromatic carbocycles. The highest BCUT2D eigenvalue weighted by atomic mass is 16.3. The summed E-state index contributed by atoms with van der Waals surface area (Å²) in [5.74, 6) is 0.0492. The molecule has 3 heterocycles. The third kappa shape index (κ3) is 2.80. The number of carbonyl (C=O) groups excluding carboxylic acids is 1. The van der Waals surface area contributed by atoms with Gasteiger partial charge in [0.25, 0.3) is 11.3 Å². The summed E-state index contributed by atoms with van der Waals surface area (Å²) >= 11 is 0. The summed E-state index contributed by atoms with van der Waals surface area (Å²) in [6.45, 7) is 0.494. The standard InChI is InChI=1S/C22H27N5O3/c1-23-21(30)18-19(29)17(28)12-26(25-18)13-22(9-2-3-10-22)27-16-8-4-6-14(16)15-7-5-11-24-20(15)27/h11-12,28H,2-10,13H2,1H3,(H,23,30). The average molecular weight is 409 g/mol. The van der Waals surface area contributed by atoms with Crippen LogP contribution in [-0.2, 0) is 31.3 Å². The van der Waals surface area contributed by atoms with E-state index < -0.39 is 17.1 Å². The van der Waals surface area contributed by atoms with Crippen molar-refractivity contribution >= 4 is 17.9 Å². The molecule has 8 nitrogen and oxygen atoms in total. The van der Waals surface area contributed by atoms with E-state index in [2.05, 4.69) is 15.0 Å². The molecular formula is C22H27N5O3. The van der Waals surface area contributed by atoms with Crippen LogP contribution in [-0.4, -0.2) is 38.6 Å². The second-order valence-corrected chi connectivity index (χ2v) is 8.67. The molecule has 0 unspecified atom stereocenters. The molecule has 3 aliphatic rings. The van der Waals surface area contributed by atoms with Crippen molar-refractivity contribution in [2.24, 2.45) is 4.99 Å². The molecule has 0 spiro atoms. The Bertz CT molecular complexity index is 1100. The van der Waals surface area contributed by atoms with Gasteiger partial charge in [-0.3, -0.25) is 14.3 Å². The summed E-state index contributed by atoms with van der Waals surface area (Å²) in [5.41, 5.74) is 3.05. The number of aromatic hydroxyl groups is 1. The van der Waals surface area contributed by atoms with Crippen molar-refractivity contribution in [3.05, 3.63) is 38.9 Å². The van der Waals surface area contributed by atoms with E-state index in [1.54, 1.807) is 4.68 Å². The van der Waals surface area contributed by atoms with Gasteiger partial charge >= 0.3 is 0 Å². The summed E-state index contributed by atoms with van der Waals surface area (Å²) in [4.78, 5) is 29.1. The van der Waals surface area contributed by atoms with Crippen molar-refractivity contribution < 1.29 is 9.90 Å². The number of nitrogens with one attached hydrogen (secondary N) is 1. The van der Waals surface area contributed by atoms with Gasteiger partial charge in [0.05, 0.1) is 18.3 Å². The number of hydrogen-bond donors (Lipinski definition) is 2. The van der Waals surface area contributed by atoms with Crippen molar-refractivity contribution in [1.82, 2.24) is 19.7 Å². The molecule has 2 aromatic rings. The van der Waals surface area contributed by atoms with Crippen LogP contribution in [0.5, 0.6) is 5.75 Å². The first-order valence-corrected chi connectivity index (χ1v) is 10.9. The highest BCUT2D eigenvalue weighted by molar-refractivity contribution is 5.92. The van der Waals surface area contributed by atoms with Crippen LogP contribution in [0, 0.1) is 0 Å². The highest BCUT2D eigenvalue weighted by Gasteiger charge is 2.42. The lowest BCUT2D eigenvalue weighted by Gasteiger charge is -2.35. The fourth-order valence-corrected chi connectivity index (χ4v) is 5.63. The maximum absolute atomic E-state index is 12.2. The first-order valence-electron chi connectivity index (χ1n) is 10.9. The lowest BCUT2D eigenvalue weighted by atomic mass is 9.96. The molecule has 0 bridgehead atoms. The lowest BCUT2D eigenvalue weighted by molar-refractivity contribution is 0.0952. The number of carbonyl (C=O) groups is 1. The van der Waals surface area contributed by atoms with Crippen LogP contribution in [0.15, 0.2) is 16.0 Å². The number of nitrogens with zero attached hydrogens (tertiary/aromatic N) is 4. The summed E-state index contributed by atoms with van der Waals surface area (Å²) < 4.78 is 4.04. The van der Waals surface area contributed by atoms with E-state index in [1.165, 1.54) is 36.5 Å². The molecule has 0 saturated heterocycles. The second-order valence-electron chi connectivity index (χ2n) is 8.67. The molecule has 30 heavy (non-hydrogen) atoms. The molecule has 1 saturated carbocycles. The Balaban J connectivity index is 1.64. The van der Waals surface area contributed by atoms with Crippen LogP contribution < -0.4 is 10.7 Å². The van der Waals surface area contributed by atoms with Gasteiger partial charge in [-0.2, -0.15) is 5.10 Å². The van der Waals surface area contributed by atoms with Crippen LogP contribution in [0.4, 0.5) is 5.82 Å². The van der Waals surface area contributed by atoms with Crippen LogP contribution in [0.1, 0.15) is 65.8 Å². The Morgan fingerprint density at radius 1 is 1.20 bits per heavy atom. The quantitative estimate of drug-likeness (QED) is 0.808. The fourth-order valence-electron chi connectivity index (χ4n) is 5.63. The summed E-state index contributed by atoms with van der Waals surface area (Å²) in [7, 11) is 1.45. The Kier molecular flexibility index (Phi) is 4.52. The van der Waals surface area contributed by atoms with Gasteiger partial charge in [0.2, 0.25) is 0 Å². The van der Waals surface area contributed by atoms with Crippen LogP contribution in [0.2, 0.25) is 0 Å². The summed E-state index contributed by atoms with van der Waals surface area (Å²) in [6, 6.07) is 0. The van der Waals surface area contributed by atoms with E-state index in [1.807, 2.05) is 6.21 Å². The normalized spacial score (nSPS) is 19.0. The number of amides is 1. The monoisotopic (exact) mass is 409 g/mol. The van der Waals surface area contributed by atoms with Crippen LogP contribution in [0.25, 0.3) is 0 Å². The number of hydrogen-bond acceptors (Lipinski definition) is 5. The Morgan fingerprint density at radius 3 is 2.77 bits per heavy atom. The minimum atomic E-state index is -0.741. The van der Waals surface area contributed by atoms with Crippen LogP contribution in [0.3, 0.4) is 0 Å². The predicted octanol–water partition coefficient (Wildman–Crippen LogP) is 2.22. The molecule has 5 rings (SSSR count). The first kappa shape index (κ1) is 19.1. The minimum Gasteiger partial charge on any atom is -0.503 e. The van der Waals surface area contributed by atoms with Gasteiger partial charge in [0.15, 0.2) is 11.4 Å². The molecule has 2 aromatic heterocycles. The van der Waals surface area contributed by atoms with E-state index in [0.717, 1.165) is 57.2 Å². The van der Waals surface area contributed by atoms with Crippen LogP contribution >= 0.6 is 0 Å². The number of rotatable bonds is 4. The SMILES string of the molecule is CNC(=O)c1nn(CC2(n3c4c(c5c3N=CCC5)CCC4)CCCC2)cc(O)c1=O. The molecule has 8 heteroatoms. The van der Waals surface area contributed by atoms with E-state index >= 15 is 0 Å². The molecule has 0 atom stereocenters. The fraction of sp³-hybridized carbons (Fsp3) is 0.545. The largest absolute Gasteiger partial charge is 0.503 e. The van der Waals surface area contributed by atoms with Gasteiger partial charge in [-0.1, -0.05) is 12.8 Å². The zero-order chi connectivity index (χ0) is 20.9. The maximum atomic E-state index is 12.2. The minimum absolute atomic E-state index is 0.217. The second kappa shape index (κ2) is 7.11. The summed E-state index contributed by atoms with van der Waals surface area (Å²) in [6.07, 6.45) is 13.0. The predicted molar refractivity (Wildman–Crippen MR) is 113 cm³/mol. The molecule has 158 valence electrons. The molecule has 1 aliphatic heterocycles.